The third kappa shape index (κ3) is 4.67. The van der Waals surface area contributed by atoms with Gasteiger partial charge in [-0.25, -0.2) is 9.97 Å². The van der Waals surface area contributed by atoms with Gasteiger partial charge in [-0.3, -0.25) is 0 Å². The highest BCUT2D eigenvalue weighted by atomic mass is 32.1. The fourth-order valence-electron chi connectivity index (χ4n) is 4.31. The van der Waals surface area contributed by atoms with Crippen molar-refractivity contribution in [2.24, 2.45) is 5.92 Å². The normalized spacial score (nSPS) is 25.1. The van der Waals surface area contributed by atoms with Gasteiger partial charge in [0.2, 0.25) is 5.95 Å². The first kappa shape index (κ1) is 23.2. The molecule has 0 unspecified atom stereocenters. The first-order chi connectivity index (χ1) is 16.2. The second-order valence-electron chi connectivity index (χ2n) is 8.80. The molecule has 2 fully saturated rings. The van der Waals surface area contributed by atoms with Crippen LogP contribution in [0.1, 0.15) is 30.9 Å². The van der Waals surface area contributed by atoms with E-state index >= 15 is 0 Å². The lowest BCUT2D eigenvalue weighted by Crippen LogP contribution is -2.36. The number of nitrogens with one attached hydrogen (secondary N) is 2. The SMILES string of the molecule is OC[C@H]1C[C@@H](Nc2nc(NCC(F)(F)F)nc(C3CC3)c2-c2nc3ccccc3s2)[C@H](O)[C@@H]1O. The van der Waals surface area contributed by atoms with Crippen LogP contribution in [0.2, 0.25) is 0 Å². The predicted molar refractivity (Wildman–Crippen MR) is 122 cm³/mol. The molecule has 5 rings (SSSR count). The average molecular weight is 496 g/mol. The van der Waals surface area contributed by atoms with Crippen molar-refractivity contribution in [2.75, 3.05) is 23.8 Å². The number of benzene rings is 1. The summed E-state index contributed by atoms with van der Waals surface area (Å²) >= 11 is 1.43. The van der Waals surface area contributed by atoms with Crippen LogP contribution in [0.3, 0.4) is 0 Å². The summed E-state index contributed by atoms with van der Waals surface area (Å²) in [6.07, 6.45) is -4.77. The van der Waals surface area contributed by atoms with Gasteiger partial charge in [-0.1, -0.05) is 12.1 Å². The summed E-state index contributed by atoms with van der Waals surface area (Å²) in [5.74, 6) is -0.374. The fraction of sp³-hybridized carbons (Fsp3) is 0.500. The summed E-state index contributed by atoms with van der Waals surface area (Å²) in [5, 5.41) is 36.3. The van der Waals surface area contributed by atoms with Crippen molar-refractivity contribution < 1.29 is 28.5 Å². The maximum Gasteiger partial charge on any atom is 0.405 e. The maximum atomic E-state index is 12.9. The molecule has 2 saturated carbocycles. The van der Waals surface area contributed by atoms with Crippen molar-refractivity contribution in [2.45, 2.75) is 49.6 Å². The Kier molecular flexibility index (Phi) is 6.09. The zero-order valence-corrected chi connectivity index (χ0v) is 18.8. The van der Waals surface area contributed by atoms with E-state index in [4.69, 9.17) is 4.98 Å². The zero-order chi connectivity index (χ0) is 24.0. The molecule has 2 aromatic heterocycles. The second-order valence-corrected chi connectivity index (χ2v) is 9.83. The number of nitrogens with zero attached hydrogens (tertiary/aromatic N) is 3. The molecule has 2 heterocycles. The van der Waals surface area contributed by atoms with Gasteiger partial charge in [0.25, 0.3) is 0 Å². The van der Waals surface area contributed by atoms with Crippen molar-refractivity contribution in [3.8, 4) is 10.6 Å². The molecule has 3 aromatic rings. The van der Waals surface area contributed by atoms with Gasteiger partial charge >= 0.3 is 6.18 Å². The molecule has 34 heavy (non-hydrogen) atoms. The van der Waals surface area contributed by atoms with E-state index in [1.807, 2.05) is 24.3 Å². The number of aromatic nitrogens is 3. The smallest absolute Gasteiger partial charge is 0.396 e. The molecule has 1 aromatic carbocycles. The van der Waals surface area contributed by atoms with Crippen molar-refractivity contribution in [3.05, 3.63) is 30.0 Å². The van der Waals surface area contributed by atoms with Crippen LogP contribution in [0.15, 0.2) is 24.3 Å². The summed E-state index contributed by atoms with van der Waals surface area (Å²) in [5.41, 5.74) is 1.98. The van der Waals surface area contributed by atoms with Crippen molar-refractivity contribution >= 4 is 33.3 Å². The van der Waals surface area contributed by atoms with Crippen LogP contribution >= 0.6 is 11.3 Å². The lowest BCUT2D eigenvalue weighted by molar-refractivity contribution is -0.115. The molecule has 0 amide bonds. The number of para-hydroxylation sites is 1. The Labute approximate surface area is 196 Å². The van der Waals surface area contributed by atoms with Gasteiger partial charge in [-0.15, -0.1) is 11.3 Å². The number of aliphatic hydroxyl groups is 3. The highest BCUT2D eigenvalue weighted by molar-refractivity contribution is 7.21. The lowest BCUT2D eigenvalue weighted by Gasteiger charge is -2.22. The standard InChI is InChI=1S/C22H24F3N5O3S/c23-22(24,25)9-26-21-29-16(10-5-6-10)15(20-28-12-3-1-2-4-14(12)34-20)19(30-21)27-13-7-11(8-31)17(32)18(13)33/h1-4,10-11,13,17-18,31-33H,5-9H2,(H2,26,27,29,30)/t11-,13-,17-,18+/m1/s1. The molecule has 182 valence electrons. The number of thiazole rings is 1. The number of hydrogen-bond acceptors (Lipinski definition) is 9. The Morgan fingerprint density at radius 3 is 2.47 bits per heavy atom. The van der Waals surface area contributed by atoms with E-state index in [1.165, 1.54) is 11.3 Å². The third-order valence-electron chi connectivity index (χ3n) is 6.21. The largest absolute Gasteiger partial charge is 0.405 e. The number of alkyl halides is 3. The van der Waals surface area contributed by atoms with Gasteiger partial charge in [-0.2, -0.15) is 18.2 Å². The van der Waals surface area contributed by atoms with Gasteiger partial charge in [0.15, 0.2) is 0 Å². The summed E-state index contributed by atoms with van der Waals surface area (Å²) in [6, 6.07) is 6.93. The summed E-state index contributed by atoms with van der Waals surface area (Å²) < 4.78 is 39.5. The van der Waals surface area contributed by atoms with Crippen LogP contribution in [-0.4, -0.2) is 67.8 Å². The molecular formula is C22H24F3N5O3S. The van der Waals surface area contributed by atoms with Gasteiger partial charge < -0.3 is 26.0 Å². The van der Waals surface area contributed by atoms with E-state index in [9.17, 15) is 28.5 Å². The van der Waals surface area contributed by atoms with Crippen LogP contribution in [0.4, 0.5) is 24.9 Å². The topological polar surface area (TPSA) is 123 Å². The van der Waals surface area contributed by atoms with Crippen LogP contribution < -0.4 is 10.6 Å². The fourth-order valence-corrected chi connectivity index (χ4v) is 5.33. The molecule has 5 N–H and O–H groups in total. The molecule has 8 nitrogen and oxygen atoms in total. The lowest BCUT2D eigenvalue weighted by atomic mass is 10.1. The molecule has 0 spiro atoms. The van der Waals surface area contributed by atoms with Crippen molar-refractivity contribution in [1.82, 2.24) is 15.0 Å². The minimum Gasteiger partial charge on any atom is -0.396 e. The van der Waals surface area contributed by atoms with Gasteiger partial charge in [0, 0.05) is 18.4 Å². The molecule has 0 radical (unpaired) electrons. The van der Waals surface area contributed by atoms with E-state index in [-0.39, 0.29) is 30.7 Å². The van der Waals surface area contributed by atoms with E-state index < -0.39 is 36.9 Å². The van der Waals surface area contributed by atoms with Crippen LogP contribution in [0, 0.1) is 5.92 Å². The first-order valence-corrected chi connectivity index (χ1v) is 11.9. The van der Waals surface area contributed by atoms with Crippen molar-refractivity contribution in [1.29, 1.82) is 0 Å². The van der Waals surface area contributed by atoms with E-state index in [0.29, 0.717) is 16.3 Å². The zero-order valence-electron chi connectivity index (χ0n) is 18.0. The Morgan fingerprint density at radius 2 is 1.82 bits per heavy atom. The van der Waals surface area contributed by atoms with Crippen LogP contribution in [0.25, 0.3) is 20.8 Å². The van der Waals surface area contributed by atoms with Crippen LogP contribution in [-0.2, 0) is 0 Å². The molecule has 2 aliphatic rings. The molecule has 2 aliphatic carbocycles. The van der Waals surface area contributed by atoms with Gasteiger partial charge in [-0.05, 0) is 31.4 Å². The Balaban J connectivity index is 1.59. The molecule has 0 aliphatic heterocycles. The highest BCUT2D eigenvalue weighted by Crippen LogP contribution is 2.47. The Morgan fingerprint density at radius 1 is 1.06 bits per heavy atom. The molecule has 4 atom stereocenters. The number of hydrogen-bond donors (Lipinski definition) is 5. The van der Waals surface area contributed by atoms with Gasteiger partial charge in [0.05, 0.1) is 33.6 Å². The van der Waals surface area contributed by atoms with E-state index in [2.05, 4.69) is 20.6 Å². The van der Waals surface area contributed by atoms with Crippen molar-refractivity contribution in [3.63, 3.8) is 0 Å². The molecule has 12 heteroatoms. The number of rotatable bonds is 7. The Bertz CT molecular complexity index is 1150. The predicted octanol–water partition coefficient (Wildman–Crippen LogP) is 3.12. The second kappa shape index (κ2) is 8.91. The molecular weight excluding hydrogens is 471 g/mol. The third-order valence-corrected chi connectivity index (χ3v) is 7.27. The van der Waals surface area contributed by atoms with E-state index in [0.717, 1.165) is 23.1 Å². The monoisotopic (exact) mass is 495 g/mol. The summed E-state index contributed by atoms with van der Waals surface area (Å²) in [6.45, 7) is -1.58. The number of halogens is 3. The maximum absolute atomic E-state index is 12.9. The Hall–Kier alpha value is -2.54. The minimum atomic E-state index is -4.44. The summed E-state index contributed by atoms with van der Waals surface area (Å²) in [4.78, 5) is 13.5. The van der Waals surface area contributed by atoms with Gasteiger partial charge in [0.1, 0.15) is 23.5 Å². The quantitative estimate of drug-likeness (QED) is 0.339. The molecule has 0 saturated heterocycles. The first-order valence-electron chi connectivity index (χ1n) is 11.1. The summed E-state index contributed by atoms with van der Waals surface area (Å²) in [7, 11) is 0. The van der Waals surface area contributed by atoms with E-state index in [1.54, 1.807) is 0 Å². The highest BCUT2D eigenvalue weighted by Gasteiger charge is 2.42. The minimum absolute atomic E-state index is 0.0706. The number of aliphatic hydroxyl groups excluding tert-OH is 3. The number of anilines is 2. The number of fused-ring (bicyclic) bond motifs is 1. The average Bonchev–Trinajstić information content (AvgIpc) is 3.51. The van der Waals surface area contributed by atoms with Crippen LogP contribution in [0.5, 0.6) is 0 Å². The molecule has 0 bridgehead atoms.